The lowest BCUT2D eigenvalue weighted by molar-refractivity contribution is -0.146. The molecule has 1 atom stereocenters. The van der Waals surface area contributed by atoms with Crippen LogP contribution in [0.25, 0.3) is 0 Å². The number of hydrogen-bond acceptors (Lipinski definition) is 4. The molecule has 0 saturated carbocycles. The maximum atomic E-state index is 12.2. The quantitative estimate of drug-likeness (QED) is 0.575. The van der Waals surface area contributed by atoms with Crippen molar-refractivity contribution < 1.29 is 14.3 Å². The summed E-state index contributed by atoms with van der Waals surface area (Å²) in [5.41, 5.74) is 8.48. The minimum Gasteiger partial charge on any atom is -0.489 e. The first-order valence-electron chi connectivity index (χ1n) is 8.69. The maximum Gasteiger partial charge on any atom is 0.326 e. The zero-order valence-corrected chi connectivity index (χ0v) is 15.7. The number of benzene rings is 2. The number of carbonyl (C=O) groups excluding carboxylic acids is 1. The smallest absolute Gasteiger partial charge is 0.326 e. The van der Waals surface area contributed by atoms with E-state index < -0.39 is 11.5 Å². The molecule has 2 aromatic rings. The van der Waals surface area contributed by atoms with E-state index in [4.69, 9.17) is 15.2 Å². The van der Waals surface area contributed by atoms with Crippen LogP contribution in [0.3, 0.4) is 0 Å². The fraction of sp³-hybridized carbons (Fsp3) is 0.318. The Morgan fingerprint density at radius 1 is 1.04 bits per heavy atom. The zero-order valence-electron chi connectivity index (χ0n) is 15.7. The molecule has 0 aromatic heterocycles. The molecule has 0 radical (unpaired) electrons. The van der Waals surface area contributed by atoms with Crippen molar-refractivity contribution in [3.63, 3.8) is 0 Å². The maximum absolute atomic E-state index is 12.2. The summed E-state index contributed by atoms with van der Waals surface area (Å²) in [4.78, 5) is 12.2. The third-order valence-corrected chi connectivity index (χ3v) is 4.16. The molecule has 0 aliphatic carbocycles. The van der Waals surface area contributed by atoms with Gasteiger partial charge in [0, 0.05) is 6.42 Å². The lowest BCUT2D eigenvalue weighted by Crippen LogP contribution is -2.50. The number of allylic oxidation sites excluding steroid dienone is 1. The van der Waals surface area contributed by atoms with Gasteiger partial charge in [-0.1, -0.05) is 54.1 Å². The molecule has 26 heavy (non-hydrogen) atoms. The molecule has 0 bridgehead atoms. The first kappa shape index (κ1) is 19.7. The van der Waals surface area contributed by atoms with E-state index in [-0.39, 0.29) is 0 Å². The molecule has 4 nitrogen and oxygen atoms in total. The van der Waals surface area contributed by atoms with E-state index in [1.807, 2.05) is 74.5 Å². The number of hydrogen-bond donors (Lipinski definition) is 1. The Morgan fingerprint density at radius 3 is 2.27 bits per heavy atom. The van der Waals surface area contributed by atoms with Crippen molar-refractivity contribution in [2.24, 2.45) is 5.73 Å². The summed E-state index contributed by atoms with van der Waals surface area (Å²) in [6.45, 7) is 4.48. The first-order valence-corrected chi connectivity index (χ1v) is 8.69. The Morgan fingerprint density at radius 2 is 1.69 bits per heavy atom. The predicted octanol–water partition coefficient (Wildman–Crippen LogP) is 4.03. The van der Waals surface area contributed by atoms with Gasteiger partial charge in [0.15, 0.2) is 0 Å². The van der Waals surface area contributed by atoms with Crippen molar-refractivity contribution in [3.05, 3.63) is 77.4 Å². The van der Waals surface area contributed by atoms with E-state index in [9.17, 15) is 4.79 Å². The summed E-state index contributed by atoms with van der Waals surface area (Å²) in [6, 6.07) is 17.7. The number of carbonyl (C=O) groups is 1. The van der Waals surface area contributed by atoms with Crippen LogP contribution in [0.4, 0.5) is 0 Å². The van der Waals surface area contributed by atoms with Gasteiger partial charge in [0.2, 0.25) is 0 Å². The monoisotopic (exact) mass is 353 g/mol. The van der Waals surface area contributed by atoms with E-state index >= 15 is 0 Å². The largest absolute Gasteiger partial charge is 0.489 e. The van der Waals surface area contributed by atoms with Crippen LogP contribution in [-0.2, 0) is 22.6 Å². The Balaban J connectivity index is 2.03. The predicted molar refractivity (Wildman–Crippen MR) is 104 cm³/mol. The van der Waals surface area contributed by atoms with Crippen molar-refractivity contribution >= 4 is 5.97 Å². The lowest BCUT2D eigenvalue weighted by atomic mass is 9.88. The van der Waals surface area contributed by atoms with Gasteiger partial charge in [-0.25, -0.2) is 0 Å². The summed E-state index contributed by atoms with van der Waals surface area (Å²) < 4.78 is 10.7. The summed E-state index contributed by atoms with van der Waals surface area (Å²) >= 11 is 0. The molecular weight excluding hydrogens is 326 g/mol. The molecule has 0 spiro atoms. The normalized spacial score (nSPS) is 12.8. The lowest BCUT2D eigenvalue weighted by Gasteiger charge is -2.25. The van der Waals surface area contributed by atoms with Crippen LogP contribution in [0.5, 0.6) is 5.75 Å². The number of methoxy groups -OCH3 is 1. The number of nitrogens with two attached hydrogens (primary N) is 1. The van der Waals surface area contributed by atoms with Gasteiger partial charge < -0.3 is 15.2 Å². The van der Waals surface area contributed by atoms with Gasteiger partial charge in [-0.3, -0.25) is 4.79 Å². The van der Waals surface area contributed by atoms with E-state index in [1.54, 1.807) is 0 Å². The molecule has 4 heteroatoms. The number of ether oxygens (including phenoxy) is 2. The minimum absolute atomic E-state index is 0.403. The Labute approximate surface area is 155 Å². The average molecular weight is 353 g/mol. The van der Waals surface area contributed by atoms with Crippen molar-refractivity contribution in [1.82, 2.24) is 0 Å². The number of rotatable bonds is 8. The third-order valence-electron chi connectivity index (χ3n) is 4.16. The molecular formula is C22H27NO3. The molecule has 2 N–H and O–H groups in total. The van der Waals surface area contributed by atoms with E-state index in [0.29, 0.717) is 19.4 Å². The van der Waals surface area contributed by atoms with Crippen LogP contribution in [-0.4, -0.2) is 18.6 Å². The summed E-state index contributed by atoms with van der Waals surface area (Å²) in [5, 5.41) is 0. The zero-order chi connectivity index (χ0) is 19.0. The fourth-order valence-corrected chi connectivity index (χ4v) is 2.63. The van der Waals surface area contributed by atoms with Gasteiger partial charge in [0.25, 0.3) is 0 Å². The van der Waals surface area contributed by atoms with E-state index in [1.165, 1.54) is 7.11 Å². The Kier molecular flexibility index (Phi) is 6.98. The molecule has 0 aliphatic heterocycles. The molecule has 0 amide bonds. The highest BCUT2D eigenvalue weighted by Gasteiger charge is 2.34. The third kappa shape index (κ3) is 5.74. The van der Waals surface area contributed by atoms with Gasteiger partial charge in [-0.2, -0.15) is 0 Å². The van der Waals surface area contributed by atoms with Crippen molar-refractivity contribution in [2.45, 2.75) is 38.8 Å². The van der Waals surface area contributed by atoms with Gasteiger partial charge in [0.05, 0.1) is 7.11 Å². The van der Waals surface area contributed by atoms with Gasteiger partial charge in [0.1, 0.15) is 17.9 Å². The van der Waals surface area contributed by atoms with Crippen LogP contribution < -0.4 is 10.5 Å². The van der Waals surface area contributed by atoms with E-state index in [0.717, 1.165) is 22.4 Å². The highest BCUT2D eigenvalue weighted by Crippen LogP contribution is 2.21. The molecule has 0 aliphatic rings. The molecule has 138 valence electrons. The first-order chi connectivity index (χ1) is 12.4. The second-order valence-electron chi connectivity index (χ2n) is 6.73. The highest BCUT2D eigenvalue weighted by atomic mass is 16.5. The molecule has 2 rings (SSSR count). The van der Waals surface area contributed by atoms with Crippen molar-refractivity contribution in [3.8, 4) is 5.75 Å². The van der Waals surface area contributed by atoms with Gasteiger partial charge >= 0.3 is 5.97 Å². The van der Waals surface area contributed by atoms with Crippen molar-refractivity contribution in [1.29, 1.82) is 0 Å². The van der Waals surface area contributed by atoms with Crippen LogP contribution in [0.1, 0.15) is 31.4 Å². The summed E-state index contributed by atoms with van der Waals surface area (Å²) in [6.07, 6.45) is 2.81. The number of esters is 1. The Bertz CT molecular complexity index is 734. The summed E-state index contributed by atoms with van der Waals surface area (Å²) in [5.74, 6) is 0.377. The molecule has 0 fully saturated rings. The molecule has 0 unspecified atom stereocenters. The SMILES string of the molecule is COC(=O)[C@@](N)(CC=C(C)C)Cc1ccc(OCc2ccccc2)cc1. The highest BCUT2D eigenvalue weighted by molar-refractivity contribution is 5.81. The molecule has 0 heterocycles. The second-order valence-corrected chi connectivity index (χ2v) is 6.73. The van der Waals surface area contributed by atoms with Crippen LogP contribution in [0, 0.1) is 0 Å². The minimum atomic E-state index is -1.07. The standard InChI is InChI=1S/C22H27NO3/c1-17(2)13-14-22(23,21(24)25-3)15-18-9-11-20(12-10-18)26-16-19-7-5-4-6-8-19/h4-13H,14-16,23H2,1-3H3/t22-/m1/s1. The van der Waals surface area contributed by atoms with Crippen LogP contribution in [0.15, 0.2) is 66.2 Å². The van der Waals surface area contributed by atoms with Gasteiger partial charge in [-0.15, -0.1) is 0 Å². The average Bonchev–Trinajstić information content (AvgIpc) is 2.66. The molecule has 0 saturated heterocycles. The second kappa shape index (κ2) is 9.20. The molecule has 2 aromatic carbocycles. The Hall–Kier alpha value is -2.59. The van der Waals surface area contributed by atoms with Crippen LogP contribution in [0.2, 0.25) is 0 Å². The topological polar surface area (TPSA) is 61.5 Å². The van der Waals surface area contributed by atoms with E-state index in [2.05, 4.69) is 0 Å². The summed E-state index contributed by atoms with van der Waals surface area (Å²) in [7, 11) is 1.37. The van der Waals surface area contributed by atoms with Crippen molar-refractivity contribution in [2.75, 3.05) is 7.11 Å². The van der Waals surface area contributed by atoms with Crippen LogP contribution >= 0.6 is 0 Å². The van der Waals surface area contributed by atoms with Gasteiger partial charge in [-0.05, 0) is 43.5 Å². The fourth-order valence-electron chi connectivity index (χ4n) is 2.63.